The number of hydrogen-bond acceptors (Lipinski definition) is 2. The summed E-state index contributed by atoms with van der Waals surface area (Å²) in [6.45, 7) is 4.11. The van der Waals surface area contributed by atoms with Crippen molar-refractivity contribution in [3.8, 4) is 5.75 Å². The fourth-order valence-electron chi connectivity index (χ4n) is 1.62. The Bertz CT molecular complexity index is 508. The molecular formula is C12H12BrNO. The van der Waals surface area contributed by atoms with Gasteiger partial charge in [0.25, 0.3) is 0 Å². The van der Waals surface area contributed by atoms with Gasteiger partial charge >= 0.3 is 0 Å². The van der Waals surface area contributed by atoms with E-state index in [1.54, 1.807) is 12.3 Å². The Morgan fingerprint density at radius 1 is 1.27 bits per heavy atom. The summed E-state index contributed by atoms with van der Waals surface area (Å²) in [5.41, 5.74) is 1.86. The summed E-state index contributed by atoms with van der Waals surface area (Å²) < 4.78 is 0.923. The Morgan fingerprint density at radius 3 is 2.67 bits per heavy atom. The third kappa shape index (κ3) is 1.97. The molecule has 0 amide bonds. The number of aromatic hydroxyl groups is 1. The van der Waals surface area contributed by atoms with E-state index in [0.29, 0.717) is 11.7 Å². The molecule has 0 fully saturated rings. The van der Waals surface area contributed by atoms with Gasteiger partial charge in [-0.2, -0.15) is 0 Å². The lowest BCUT2D eigenvalue weighted by atomic mass is 10.0. The predicted octanol–water partition coefficient (Wildman–Crippen LogP) is 3.83. The van der Waals surface area contributed by atoms with Crippen LogP contribution in [0.4, 0.5) is 0 Å². The van der Waals surface area contributed by atoms with E-state index in [9.17, 15) is 5.11 Å². The van der Waals surface area contributed by atoms with Crippen molar-refractivity contribution in [2.75, 3.05) is 0 Å². The molecule has 0 aliphatic rings. The van der Waals surface area contributed by atoms with Crippen molar-refractivity contribution in [1.29, 1.82) is 0 Å². The fraction of sp³-hybridized carbons (Fsp3) is 0.250. The molecule has 1 aromatic carbocycles. The normalized spacial score (nSPS) is 11.2. The first kappa shape index (κ1) is 10.4. The van der Waals surface area contributed by atoms with Gasteiger partial charge in [0.2, 0.25) is 0 Å². The second kappa shape index (κ2) is 3.81. The summed E-state index contributed by atoms with van der Waals surface area (Å²) in [7, 11) is 0. The summed E-state index contributed by atoms with van der Waals surface area (Å²) in [6, 6.07) is 5.66. The maximum Gasteiger partial charge on any atom is 0.119 e. The number of nitrogens with zero attached hydrogens (tertiary/aromatic N) is 1. The lowest BCUT2D eigenvalue weighted by Crippen LogP contribution is -1.89. The number of fused-ring (bicyclic) bond motifs is 1. The molecule has 0 spiro atoms. The van der Waals surface area contributed by atoms with Gasteiger partial charge in [-0.25, -0.2) is 0 Å². The van der Waals surface area contributed by atoms with Crippen LogP contribution < -0.4 is 0 Å². The number of benzene rings is 1. The van der Waals surface area contributed by atoms with E-state index < -0.39 is 0 Å². The minimum atomic E-state index is 0.305. The molecule has 0 saturated carbocycles. The van der Waals surface area contributed by atoms with Crippen LogP contribution in [0.25, 0.3) is 10.9 Å². The van der Waals surface area contributed by atoms with Crippen molar-refractivity contribution in [1.82, 2.24) is 4.98 Å². The van der Waals surface area contributed by atoms with Gasteiger partial charge in [-0.1, -0.05) is 13.8 Å². The highest BCUT2D eigenvalue weighted by Crippen LogP contribution is 2.30. The van der Waals surface area contributed by atoms with Gasteiger partial charge < -0.3 is 5.11 Å². The highest BCUT2D eigenvalue weighted by Gasteiger charge is 2.08. The molecule has 0 bridgehead atoms. The van der Waals surface area contributed by atoms with Gasteiger partial charge in [0.1, 0.15) is 5.75 Å². The average molecular weight is 266 g/mol. The first-order valence-corrected chi connectivity index (χ1v) is 5.65. The zero-order valence-corrected chi connectivity index (χ0v) is 10.2. The minimum absolute atomic E-state index is 0.305. The van der Waals surface area contributed by atoms with Crippen molar-refractivity contribution in [2.45, 2.75) is 19.8 Å². The van der Waals surface area contributed by atoms with Crippen molar-refractivity contribution >= 4 is 26.8 Å². The standard InChI is InChI=1S/C12H12BrNO/c1-7(2)10-5-11-8(4-12(10)15)3-9(13)6-14-11/h3-7,15H,1-2H3. The maximum atomic E-state index is 9.83. The Labute approximate surface area is 97.1 Å². The quantitative estimate of drug-likeness (QED) is 0.851. The van der Waals surface area contributed by atoms with Crippen molar-refractivity contribution in [2.24, 2.45) is 0 Å². The van der Waals surface area contributed by atoms with Crippen LogP contribution >= 0.6 is 15.9 Å². The molecule has 0 atom stereocenters. The van der Waals surface area contributed by atoms with E-state index in [1.807, 2.05) is 12.1 Å². The molecule has 78 valence electrons. The number of phenols is 1. The van der Waals surface area contributed by atoms with Gasteiger partial charge in [0.15, 0.2) is 0 Å². The predicted molar refractivity (Wildman–Crippen MR) is 65.2 cm³/mol. The molecule has 1 heterocycles. The number of pyridine rings is 1. The second-order valence-corrected chi connectivity index (χ2v) is 4.83. The molecule has 2 nitrogen and oxygen atoms in total. The van der Waals surface area contributed by atoms with E-state index in [1.165, 1.54) is 0 Å². The van der Waals surface area contributed by atoms with Gasteiger partial charge in [-0.05, 0) is 45.6 Å². The molecule has 0 saturated heterocycles. The number of phenolic OH excluding ortho intramolecular Hbond substituents is 1. The highest BCUT2D eigenvalue weighted by molar-refractivity contribution is 9.10. The van der Waals surface area contributed by atoms with E-state index in [0.717, 1.165) is 20.9 Å². The Kier molecular flexibility index (Phi) is 2.65. The van der Waals surface area contributed by atoms with Gasteiger partial charge in [-0.3, -0.25) is 4.98 Å². The SMILES string of the molecule is CC(C)c1cc2ncc(Br)cc2cc1O. The molecule has 15 heavy (non-hydrogen) atoms. The smallest absolute Gasteiger partial charge is 0.119 e. The zero-order valence-electron chi connectivity index (χ0n) is 8.66. The second-order valence-electron chi connectivity index (χ2n) is 3.91. The number of aromatic nitrogens is 1. The van der Waals surface area contributed by atoms with Crippen LogP contribution in [0.15, 0.2) is 28.9 Å². The van der Waals surface area contributed by atoms with Crippen LogP contribution in [0.1, 0.15) is 25.3 Å². The number of rotatable bonds is 1. The molecule has 1 aromatic heterocycles. The average Bonchev–Trinajstić information content (AvgIpc) is 2.15. The summed E-state index contributed by atoms with van der Waals surface area (Å²) in [5.74, 6) is 0.650. The molecule has 2 aromatic rings. The summed E-state index contributed by atoms with van der Waals surface area (Å²) >= 11 is 3.36. The maximum absolute atomic E-state index is 9.83. The molecule has 1 N–H and O–H groups in total. The van der Waals surface area contributed by atoms with Crippen LogP contribution in [0.2, 0.25) is 0 Å². The monoisotopic (exact) mass is 265 g/mol. The van der Waals surface area contributed by atoms with Crippen LogP contribution in [0.5, 0.6) is 5.75 Å². The molecule has 2 rings (SSSR count). The first-order valence-electron chi connectivity index (χ1n) is 4.86. The van der Waals surface area contributed by atoms with E-state index in [2.05, 4.69) is 34.8 Å². The summed E-state index contributed by atoms with van der Waals surface area (Å²) in [4.78, 5) is 4.31. The largest absolute Gasteiger partial charge is 0.508 e. The highest BCUT2D eigenvalue weighted by atomic mass is 79.9. The molecule has 0 unspecified atom stereocenters. The van der Waals surface area contributed by atoms with Gasteiger partial charge in [-0.15, -0.1) is 0 Å². The van der Waals surface area contributed by atoms with Crippen molar-refractivity contribution in [3.63, 3.8) is 0 Å². The molecular weight excluding hydrogens is 254 g/mol. The van der Waals surface area contributed by atoms with Crippen LogP contribution in [-0.4, -0.2) is 10.1 Å². The Hall–Kier alpha value is -1.09. The Balaban J connectivity index is 2.71. The minimum Gasteiger partial charge on any atom is -0.508 e. The van der Waals surface area contributed by atoms with E-state index in [4.69, 9.17) is 0 Å². The molecule has 0 aliphatic carbocycles. The van der Waals surface area contributed by atoms with Crippen LogP contribution in [-0.2, 0) is 0 Å². The zero-order chi connectivity index (χ0) is 11.0. The fourth-order valence-corrected chi connectivity index (χ4v) is 1.97. The molecule has 0 radical (unpaired) electrons. The number of hydrogen-bond donors (Lipinski definition) is 1. The van der Waals surface area contributed by atoms with Gasteiger partial charge in [0, 0.05) is 16.1 Å². The van der Waals surface area contributed by atoms with E-state index in [-0.39, 0.29) is 0 Å². The van der Waals surface area contributed by atoms with Crippen molar-refractivity contribution in [3.05, 3.63) is 34.4 Å². The number of halogens is 1. The lowest BCUT2D eigenvalue weighted by molar-refractivity contribution is 0.466. The first-order chi connectivity index (χ1) is 7.08. The molecule has 0 aliphatic heterocycles. The summed E-state index contributed by atoms with van der Waals surface area (Å²) in [5, 5.41) is 10.8. The topological polar surface area (TPSA) is 33.1 Å². The third-order valence-corrected chi connectivity index (χ3v) is 2.85. The molecule has 3 heteroatoms. The van der Waals surface area contributed by atoms with E-state index >= 15 is 0 Å². The van der Waals surface area contributed by atoms with Crippen LogP contribution in [0.3, 0.4) is 0 Å². The van der Waals surface area contributed by atoms with Crippen molar-refractivity contribution < 1.29 is 5.11 Å². The Morgan fingerprint density at radius 2 is 2.00 bits per heavy atom. The van der Waals surface area contributed by atoms with Crippen LogP contribution in [0, 0.1) is 0 Å². The third-order valence-electron chi connectivity index (χ3n) is 2.42. The van der Waals surface area contributed by atoms with Gasteiger partial charge in [0.05, 0.1) is 5.52 Å². The summed E-state index contributed by atoms with van der Waals surface area (Å²) in [6.07, 6.45) is 1.77. The lowest BCUT2D eigenvalue weighted by Gasteiger charge is -2.09.